The molecule has 32 heavy (non-hydrogen) atoms. The van der Waals surface area contributed by atoms with E-state index in [1.807, 2.05) is 42.1 Å². The zero-order valence-electron chi connectivity index (χ0n) is 18.2. The van der Waals surface area contributed by atoms with Gasteiger partial charge in [0.25, 0.3) is 11.8 Å². The average Bonchev–Trinajstić information content (AvgIpc) is 3.41. The van der Waals surface area contributed by atoms with Crippen LogP contribution in [-0.2, 0) is 6.54 Å². The van der Waals surface area contributed by atoms with E-state index in [1.54, 1.807) is 12.1 Å². The molecule has 0 aliphatic heterocycles. The SMILES string of the molecule is CN(C)c1ccc(NC(=O)c2ccco2)cc1CN(CC1CC1)C(=O)c1ccc(F)cc1. The number of benzene rings is 2. The first-order valence-corrected chi connectivity index (χ1v) is 10.6. The Bertz CT molecular complexity index is 1090. The fourth-order valence-electron chi connectivity index (χ4n) is 3.64. The molecular weight excluding hydrogens is 409 g/mol. The number of nitrogens with one attached hydrogen (secondary N) is 1. The van der Waals surface area contributed by atoms with Crippen LogP contribution in [0.15, 0.2) is 65.3 Å². The molecule has 1 aliphatic rings. The number of rotatable bonds is 8. The van der Waals surface area contributed by atoms with Crippen molar-refractivity contribution in [3.05, 3.63) is 83.6 Å². The summed E-state index contributed by atoms with van der Waals surface area (Å²) in [4.78, 5) is 29.4. The zero-order valence-corrected chi connectivity index (χ0v) is 18.2. The van der Waals surface area contributed by atoms with Gasteiger partial charge < -0.3 is 19.5 Å². The van der Waals surface area contributed by atoms with Gasteiger partial charge in [0, 0.05) is 44.1 Å². The fraction of sp³-hybridized carbons (Fsp3) is 0.280. The van der Waals surface area contributed by atoms with E-state index in [0.29, 0.717) is 30.3 Å². The number of hydrogen-bond acceptors (Lipinski definition) is 4. The van der Waals surface area contributed by atoms with Crippen LogP contribution < -0.4 is 10.2 Å². The molecule has 1 heterocycles. The highest BCUT2D eigenvalue weighted by Crippen LogP contribution is 2.32. The summed E-state index contributed by atoms with van der Waals surface area (Å²) < 4.78 is 18.5. The Morgan fingerprint density at radius 2 is 1.84 bits per heavy atom. The molecule has 0 atom stereocenters. The van der Waals surface area contributed by atoms with E-state index in [1.165, 1.54) is 30.5 Å². The molecule has 1 aliphatic carbocycles. The lowest BCUT2D eigenvalue weighted by Crippen LogP contribution is -2.33. The summed E-state index contributed by atoms with van der Waals surface area (Å²) in [6.45, 7) is 1.02. The summed E-state index contributed by atoms with van der Waals surface area (Å²) in [6.07, 6.45) is 3.66. The van der Waals surface area contributed by atoms with Gasteiger partial charge in [-0.15, -0.1) is 0 Å². The third-order valence-corrected chi connectivity index (χ3v) is 5.48. The van der Waals surface area contributed by atoms with Crippen molar-refractivity contribution in [2.24, 2.45) is 5.92 Å². The zero-order chi connectivity index (χ0) is 22.7. The predicted octanol–water partition coefficient (Wildman–Crippen LogP) is 4.79. The summed E-state index contributed by atoms with van der Waals surface area (Å²) in [6, 6.07) is 14.5. The first-order valence-electron chi connectivity index (χ1n) is 10.6. The van der Waals surface area contributed by atoms with Crippen molar-refractivity contribution in [2.75, 3.05) is 30.9 Å². The third kappa shape index (κ3) is 5.17. The van der Waals surface area contributed by atoms with Crippen LogP contribution >= 0.6 is 0 Å². The van der Waals surface area contributed by atoms with Crippen LogP contribution in [0.25, 0.3) is 0 Å². The highest BCUT2D eigenvalue weighted by molar-refractivity contribution is 6.02. The number of halogens is 1. The van der Waals surface area contributed by atoms with Gasteiger partial charge in [-0.3, -0.25) is 9.59 Å². The molecule has 2 amide bonds. The minimum absolute atomic E-state index is 0.133. The van der Waals surface area contributed by atoms with Crippen LogP contribution in [0.3, 0.4) is 0 Å². The summed E-state index contributed by atoms with van der Waals surface area (Å²) in [5.74, 6) is -0.123. The minimum Gasteiger partial charge on any atom is -0.459 e. The first-order chi connectivity index (χ1) is 15.4. The van der Waals surface area contributed by atoms with E-state index in [4.69, 9.17) is 4.42 Å². The van der Waals surface area contributed by atoms with Gasteiger partial charge in [-0.25, -0.2) is 4.39 Å². The quantitative estimate of drug-likeness (QED) is 0.553. The van der Waals surface area contributed by atoms with Crippen LogP contribution in [-0.4, -0.2) is 37.4 Å². The summed E-state index contributed by atoms with van der Waals surface area (Å²) in [5.41, 5.74) is 2.94. The number of anilines is 2. The van der Waals surface area contributed by atoms with Crippen LogP contribution in [0, 0.1) is 11.7 Å². The van der Waals surface area contributed by atoms with Crippen molar-refractivity contribution in [2.45, 2.75) is 19.4 Å². The lowest BCUT2D eigenvalue weighted by Gasteiger charge is -2.26. The van der Waals surface area contributed by atoms with Gasteiger partial charge >= 0.3 is 0 Å². The predicted molar refractivity (Wildman–Crippen MR) is 121 cm³/mol. The molecular formula is C25H26FN3O3. The number of hydrogen-bond donors (Lipinski definition) is 1. The van der Waals surface area contributed by atoms with Crippen molar-refractivity contribution in [3.8, 4) is 0 Å². The number of amides is 2. The molecule has 0 bridgehead atoms. The Morgan fingerprint density at radius 3 is 2.47 bits per heavy atom. The molecule has 1 N–H and O–H groups in total. The molecule has 1 saturated carbocycles. The lowest BCUT2D eigenvalue weighted by molar-refractivity contribution is 0.0735. The van der Waals surface area contributed by atoms with Crippen LogP contribution in [0.1, 0.15) is 39.3 Å². The van der Waals surface area contributed by atoms with Crippen LogP contribution in [0.5, 0.6) is 0 Å². The normalized spacial score (nSPS) is 13.0. The molecule has 7 heteroatoms. The Labute approximate surface area is 186 Å². The molecule has 3 aromatic rings. The second kappa shape index (κ2) is 9.26. The molecule has 0 saturated heterocycles. The van der Waals surface area contributed by atoms with Gasteiger partial charge in [-0.05, 0) is 78.9 Å². The number of carbonyl (C=O) groups is 2. The maximum absolute atomic E-state index is 13.3. The molecule has 0 radical (unpaired) electrons. The number of furan rings is 1. The van der Waals surface area contributed by atoms with Crippen LogP contribution in [0.4, 0.5) is 15.8 Å². The standard InChI is InChI=1S/C25H26FN3O3/c1-28(2)22-12-11-21(27-24(30)23-4-3-13-32-23)14-19(22)16-29(15-17-5-6-17)25(31)18-7-9-20(26)10-8-18/h3-4,7-14,17H,5-6,15-16H2,1-2H3,(H,27,30). The van der Waals surface area contributed by atoms with Gasteiger partial charge in [-0.1, -0.05) is 0 Å². The number of nitrogens with zero attached hydrogens (tertiary/aromatic N) is 2. The molecule has 1 fully saturated rings. The number of carbonyl (C=O) groups excluding carboxylic acids is 2. The van der Waals surface area contributed by atoms with Gasteiger partial charge in [0.2, 0.25) is 0 Å². The molecule has 6 nitrogen and oxygen atoms in total. The maximum Gasteiger partial charge on any atom is 0.291 e. The molecule has 0 spiro atoms. The van der Waals surface area contributed by atoms with Crippen molar-refractivity contribution in [1.82, 2.24) is 4.90 Å². The minimum atomic E-state index is -0.370. The van der Waals surface area contributed by atoms with Gasteiger partial charge in [0.15, 0.2) is 5.76 Å². The van der Waals surface area contributed by atoms with E-state index < -0.39 is 0 Å². The van der Waals surface area contributed by atoms with E-state index in [0.717, 1.165) is 24.1 Å². The fourth-order valence-corrected chi connectivity index (χ4v) is 3.64. The molecule has 0 unspecified atom stereocenters. The van der Waals surface area contributed by atoms with Crippen molar-refractivity contribution in [1.29, 1.82) is 0 Å². The topological polar surface area (TPSA) is 65.8 Å². The highest BCUT2D eigenvalue weighted by atomic mass is 19.1. The Balaban J connectivity index is 1.60. The monoisotopic (exact) mass is 435 g/mol. The van der Waals surface area contributed by atoms with E-state index >= 15 is 0 Å². The van der Waals surface area contributed by atoms with E-state index in [-0.39, 0.29) is 23.4 Å². The summed E-state index contributed by atoms with van der Waals surface area (Å²) >= 11 is 0. The second-order valence-electron chi connectivity index (χ2n) is 8.31. The molecule has 4 rings (SSSR count). The van der Waals surface area contributed by atoms with E-state index in [9.17, 15) is 14.0 Å². The van der Waals surface area contributed by atoms with Crippen LogP contribution in [0.2, 0.25) is 0 Å². The van der Waals surface area contributed by atoms with Gasteiger partial charge in [0.1, 0.15) is 5.82 Å². The molecule has 1 aromatic heterocycles. The van der Waals surface area contributed by atoms with E-state index in [2.05, 4.69) is 5.32 Å². The maximum atomic E-state index is 13.3. The second-order valence-corrected chi connectivity index (χ2v) is 8.31. The summed E-state index contributed by atoms with van der Waals surface area (Å²) in [7, 11) is 3.87. The van der Waals surface area contributed by atoms with Gasteiger partial charge in [0.05, 0.1) is 6.26 Å². The highest BCUT2D eigenvalue weighted by Gasteiger charge is 2.28. The Hall–Kier alpha value is -3.61. The smallest absolute Gasteiger partial charge is 0.291 e. The van der Waals surface area contributed by atoms with Gasteiger partial charge in [-0.2, -0.15) is 0 Å². The molecule has 166 valence electrons. The third-order valence-electron chi connectivity index (χ3n) is 5.48. The Morgan fingerprint density at radius 1 is 1.09 bits per heavy atom. The lowest BCUT2D eigenvalue weighted by atomic mass is 10.1. The van der Waals surface area contributed by atoms with Crippen molar-refractivity contribution >= 4 is 23.2 Å². The van der Waals surface area contributed by atoms with Crippen molar-refractivity contribution < 1.29 is 18.4 Å². The average molecular weight is 435 g/mol. The molecule has 2 aromatic carbocycles. The summed E-state index contributed by atoms with van der Waals surface area (Å²) in [5, 5.41) is 2.85. The largest absolute Gasteiger partial charge is 0.459 e. The van der Waals surface area contributed by atoms with Crippen molar-refractivity contribution in [3.63, 3.8) is 0 Å². The Kier molecular flexibility index (Phi) is 6.25. The first kappa shape index (κ1) is 21.6.